The number of H-pyrrole nitrogens is 1. The van der Waals surface area contributed by atoms with E-state index in [9.17, 15) is 14.9 Å². The van der Waals surface area contributed by atoms with Gasteiger partial charge in [0.25, 0.3) is 5.91 Å². The van der Waals surface area contributed by atoms with Crippen molar-refractivity contribution in [1.82, 2.24) is 10.3 Å². The molecule has 1 aromatic heterocycles. The highest BCUT2D eigenvalue weighted by atomic mass is 35.5. The van der Waals surface area contributed by atoms with Crippen LogP contribution in [0.5, 0.6) is 0 Å². The minimum atomic E-state index is -0.584. The molecule has 0 aliphatic rings. The number of aromatic nitrogens is 1. The zero-order chi connectivity index (χ0) is 12.1. The lowest BCUT2D eigenvalue weighted by atomic mass is 10.2. The number of amides is 1. The molecule has 1 aromatic rings. The first-order valence-corrected chi connectivity index (χ1v) is 5.28. The summed E-state index contributed by atoms with van der Waals surface area (Å²) >= 11 is 5.52. The van der Waals surface area contributed by atoms with Crippen molar-refractivity contribution in [2.24, 2.45) is 0 Å². The van der Waals surface area contributed by atoms with Gasteiger partial charge in [-0.05, 0) is 24.3 Å². The van der Waals surface area contributed by atoms with Crippen LogP contribution in [-0.2, 0) is 0 Å². The highest BCUT2D eigenvalue weighted by Crippen LogP contribution is 2.10. The molecule has 1 rings (SSSR count). The number of hydrogen-bond donors (Lipinski definition) is 2. The van der Waals surface area contributed by atoms with Crippen LogP contribution in [0.4, 0.5) is 5.82 Å². The van der Waals surface area contributed by atoms with E-state index in [2.05, 4.69) is 10.3 Å². The lowest BCUT2D eigenvalue weighted by Gasteiger charge is -2.09. The number of nitrogens with one attached hydrogen (secondary N) is 2. The Bertz CT molecular complexity index is 391. The summed E-state index contributed by atoms with van der Waals surface area (Å²) in [5.74, 6) is -0.118. The van der Waals surface area contributed by atoms with Gasteiger partial charge >= 0.3 is 5.82 Å². The summed E-state index contributed by atoms with van der Waals surface area (Å²) in [6, 6.07) is 2.56. The molecular weight excluding hydrogens is 234 g/mol. The second-order valence-electron chi connectivity index (χ2n) is 3.37. The molecule has 88 valence electrons. The molecule has 0 aliphatic heterocycles. The first-order valence-electron chi connectivity index (χ1n) is 4.75. The number of nitro groups is 1. The number of aromatic amines is 1. The first kappa shape index (κ1) is 12.5. The Morgan fingerprint density at radius 1 is 1.69 bits per heavy atom. The molecular formula is C9H12ClN3O3. The molecule has 6 nitrogen and oxygen atoms in total. The van der Waals surface area contributed by atoms with E-state index in [1.807, 2.05) is 6.92 Å². The predicted molar refractivity (Wildman–Crippen MR) is 59.7 cm³/mol. The molecule has 0 aromatic carbocycles. The van der Waals surface area contributed by atoms with Gasteiger partial charge in [-0.3, -0.25) is 4.79 Å². The molecule has 0 saturated carbocycles. The van der Waals surface area contributed by atoms with Gasteiger partial charge in [0, 0.05) is 18.0 Å². The van der Waals surface area contributed by atoms with Gasteiger partial charge < -0.3 is 15.4 Å². The van der Waals surface area contributed by atoms with Crippen LogP contribution < -0.4 is 5.32 Å². The van der Waals surface area contributed by atoms with Gasteiger partial charge in [0.1, 0.15) is 0 Å². The van der Waals surface area contributed by atoms with Gasteiger partial charge in [0.2, 0.25) is 0 Å². The number of alkyl halides is 1. The summed E-state index contributed by atoms with van der Waals surface area (Å²) < 4.78 is 0. The van der Waals surface area contributed by atoms with Gasteiger partial charge in [0.05, 0.1) is 0 Å². The SMILES string of the molecule is CC(CCCl)NC(=O)c1ccc([N+](=O)[O-])[nH]1. The van der Waals surface area contributed by atoms with Gasteiger partial charge in [0.15, 0.2) is 5.69 Å². The van der Waals surface area contributed by atoms with E-state index in [1.54, 1.807) is 0 Å². The fraction of sp³-hybridized carbons (Fsp3) is 0.444. The van der Waals surface area contributed by atoms with Crippen molar-refractivity contribution >= 4 is 23.3 Å². The third-order valence-corrected chi connectivity index (χ3v) is 2.25. The minimum absolute atomic E-state index is 0.0626. The van der Waals surface area contributed by atoms with Crippen LogP contribution >= 0.6 is 11.6 Å². The predicted octanol–water partition coefficient (Wildman–Crippen LogP) is 1.67. The quantitative estimate of drug-likeness (QED) is 0.470. The van der Waals surface area contributed by atoms with Crippen molar-refractivity contribution in [1.29, 1.82) is 0 Å². The Kier molecular flexibility index (Phi) is 4.30. The summed E-state index contributed by atoms with van der Waals surface area (Å²) in [5.41, 5.74) is 0.174. The van der Waals surface area contributed by atoms with Crippen molar-refractivity contribution in [3.8, 4) is 0 Å². The van der Waals surface area contributed by atoms with E-state index < -0.39 is 4.92 Å². The van der Waals surface area contributed by atoms with E-state index in [1.165, 1.54) is 12.1 Å². The third-order valence-electron chi connectivity index (χ3n) is 2.03. The smallest absolute Gasteiger partial charge is 0.321 e. The summed E-state index contributed by atoms with van der Waals surface area (Å²) in [6.45, 7) is 1.82. The van der Waals surface area contributed by atoms with Crippen LogP contribution in [-0.4, -0.2) is 27.7 Å². The van der Waals surface area contributed by atoms with E-state index in [4.69, 9.17) is 11.6 Å². The summed E-state index contributed by atoms with van der Waals surface area (Å²) in [7, 11) is 0. The largest absolute Gasteiger partial charge is 0.358 e. The topological polar surface area (TPSA) is 88.0 Å². The Morgan fingerprint density at radius 2 is 2.38 bits per heavy atom. The highest BCUT2D eigenvalue weighted by molar-refractivity contribution is 6.17. The fourth-order valence-corrected chi connectivity index (χ4v) is 1.49. The second kappa shape index (κ2) is 5.50. The molecule has 1 atom stereocenters. The van der Waals surface area contributed by atoms with Gasteiger partial charge in [-0.2, -0.15) is 0 Å². The molecule has 0 radical (unpaired) electrons. The number of carbonyl (C=O) groups excluding carboxylic acids is 1. The lowest BCUT2D eigenvalue weighted by Crippen LogP contribution is -2.33. The minimum Gasteiger partial charge on any atom is -0.358 e. The normalized spacial score (nSPS) is 12.1. The second-order valence-corrected chi connectivity index (χ2v) is 3.74. The first-order chi connectivity index (χ1) is 7.54. The maximum absolute atomic E-state index is 11.6. The average Bonchev–Trinajstić information content (AvgIpc) is 2.66. The van der Waals surface area contributed by atoms with E-state index in [0.29, 0.717) is 12.3 Å². The van der Waals surface area contributed by atoms with Crippen LogP contribution in [0.2, 0.25) is 0 Å². The molecule has 0 fully saturated rings. The maximum atomic E-state index is 11.6. The van der Waals surface area contributed by atoms with Crippen molar-refractivity contribution in [2.75, 3.05) is 5.88 Å². The van der Waals surface area contributed by atoms with Crippen LogP contribution in [0.1, 0.15) is 23.8 Å². The standard InChI is InChI=1S/C9H12ClN3O3/c1-6(4-5-10)11-9(14)7-2-3-8(12-7)13(15)16/h2-3,6,12H,4-5H2,1H3,(H,11,14). The molecule has 1 amide bonds. The molecule has 0 saturated heterocycles. The zero-order valence-electron chi connectivity index (χ0n) is 8.70. The molecule has 16 heavy (non-hydrogen) atoms. The molecule has 7 heteroatoms. The Labute approximate surface area is 97.1 Å². The van der Waals surface area contributed by atoms with Crippen LogP contribution in [0.25, 0.3) is 0 Å². The number of carbonyl (C=O) groups is 1. The number of halogens is 1. The molecule has 0 aliphatic carbocycles. The van der Waals surface area contributed by atoms with Crippen LogP contribution in [0.3, 0.4) is 0 Å². The molecule has 0 spiro atoms. The molecule has 1 unspecified atom stereocenters. The number of rotatable bonds is 5. The van der Waals surface area contributed by atoms with Crippen LogP contribution in [0, 0.1) is 10.1 Å². The van der Waals surface area contributed by atoms with E-state index >= 15 is 0 Å². The zero-order valence-corrected chi connectivity index (χ0v) is 9.45. The number of nitrogens with zero attached hydrogens (tertiary/aromatic N) is 1. The Balaban J connectivity index is 2.62. The Morgan fingerprint density at radius 3 is 2.88 bits per heavy atom. The Hall–Kier alpha value is -1.56. The van der Waals surface area contributed by atoms with Gasteiger partial charge in [-0.15, -0.1) is 11.6 Å². The van der Waals surface area contributed by atoms with E-state index in [0.717, 1.165) is 0 Å². The van der Waals surface area contributed by atoms with E-state index in [-0.39, 0.29) is 23.5 Å². The monoisotopic (exact) mass is 245 g/mol. The summed E-state index contributed by atoms with van der Waals surface area (Å²) in [4.78, 5) is 23.8. The highest BCUT2D eigenvalue weighted by Gasteiger charge is 2.16. The van der Waals surface area contributed by atoms with Crippen molar-refractivity contribution in [3.63, 3.8) is 0 Å². The van der Waals surface area contributed by atoms with Crippen molar-refractivity contribution in [2.45, 2.75) is 19.4 Å². The average molecular weight is 246 g/mol. The maximum Gasteiger partial charge on any atom is 0.321 e. The molecule has 1 heterocycles. The fourth-order valence-electron chi connectivity index (χ4n) is 1.16. The lowest BCUT2D eigenvalue weighted by molar-refractivity contribution is -0.389. The molecule has 2 N–H and O–H groups in total. The number of hydrogen-bond acceptors (Lipinski definition) is 3. The van der Waals surface area contributed by atoms with Crippen LogP contribution in [0.15, 0.2) is 12.1 Å². The summed E-state index contributed by atoms with van der Waals surface area (Å²) in [6.07, 6.45) is 0.649. The van der Waals surface area contributed by atoms with Gasteiger partial charge in [-0.25, -0.2) is 4.98 Å². The third kappa shape index (κ3) is 3.23. The van der Waals surface area contributed by atoms with Gasteiger partial charge in [-0.1, -0.05) is 0 Å². The van der Waals surface area contributed by atoms with Crippen molar-refractivity contribution in [3.05, 3.63) is 27.9 Å². The van der Waals surface area contributed by atoms with Crippen molar-refractivity contribution < 1.29 is 9.72 Å². The summed E-state index contributed by atoms with van der Waals surface area (Å²) in [5, 5.41) is 13.1. The molecule has 0 bridgehead atoms.